The second-order valence-electron chi connectivity index (χ2n) is 3.81. The quantitative estimate of drug-likeness (QED) is 0.799. The molecule has 1 amide bonds. The normalized spacial score (nSPS) is 10.1. The highest BCUT2D eigenvalue weighted by Gasteiger charge is 2.12. The Morgan fingerprint density at radius 2 is 2.16 bits per heavy atom. The van der Waals surface area contributed by atoms with Gasteiger partial charge in [0.2, 0.25) is 5.91 Å². The van der Waals surface area contributed by atoms with Gasteiger partial charge >= 0.3 is 0 Å². The highest BCUT2D eigenvalue weighted by molar-refractivity contribution is 9.10. The number of hydrogen-bond acceptors (Lipinski definition) is 4. The fourth-order valence-corrected chi connectivity index (χ4v) is 2.12. The Kier molecular flexibility index (Phi) is 6.66. The molecule has 6 heteroatoms. The number of carbonyl (C=O) groups excluding carboxylic acids is 1. The number of hydrogen-bond donors (Lipinski definition) is 2. The van der Waals surface area contributed by atoms with Gasteiger partial charge in [-0.05, 0) is 40.5 Å². The Morgan fingerprint density at radius 1 is 1.42 bits per heavy atom. The average Bonchev–Trinajstić information content (AvgIpc) is 2.41. The number of ether oxygens (including phenoxy) is 2. The number of nitrogens with two attached hydrogens (primary N) is 1. The molecule has 106 valence electrons. The first kappa shape index (κ1) is 15.8. The molecule has 0 fully saturated rings. The minimum Gasteiger partial charge on any atom is -0.490 e. The van der Waals surface area contributed by atoms with Gasteiger partial charge in [-0.25, -0.2) is 0 Å². The van der Waals surface area contributed by atoms with Crippen LogP contribution in [0.1, 0.15) is 18.9 Å². The zero-order valence-corrected chi connectivity index (χ0v) is 12.7. The van der Waals surface area contributed by atoms with Crippen LogP contribution in [0.25, 0.3) is 0 Å². The summed E-state index contributed by atoms with van der Waals surface area (Å²) in [4.78, 5) is 11.1. The zero-order valence-electron chi connectivity index (χ0n) is 11.2. The second kappa shape index (κ2) is 8.01. The summed E-state index contributed by atoms with van der Waals surface area (Å²) in [6.45, 7) is 3.15. The molecule has 0 aliphatic carbocycles. The SMILES string of the molecule is CCOc1cc(CN)cc(Br)c1OCCC(=O)NC. The lowest BCUT2D eigenvalue weighted by molar-refractivity contribution is -0.121. The zero-order chi connectivity index (χ0) is 14.3. The van der Waals surface area contributed by atoms with E-state index in [2.05, 4.69) is 21.2 Å². The van der Waals surface area contributed by atoms with E-state index in [1.165, 1.54) is 0 Å². The molecule has 19 heavy (non-hydrogen) atoms. The molecule has 0 unspecified atom stereocenters. The summed E-state index contributed by atoms with van der Waals surface area (Å²) in [7, 11) is 1.60. The summed E-state index contributed by atoms with van der Waals surface area (Å²) in [6.07, 6.45) is 0.299. The summed E-state index contributed by atoms with van der Waals surface area (Å²) in [6, 6.07) is 3.74. The van der Waals surface area contributed by atoms with Crippen molar-refractivity contribution in [1.29, 1.82) is 0 Å². The largest absolute Gasteiger partial charge is 0.490 e. The molecule has 0 heterocycles. The van der Waals surface area contributed by atoms with E-state index in [1.54, 1.807) is 7.05 Å². The van der Waals surface area contributed by atoms with Crippen LogP contribution in [0.5, 0.6) is 11.5 Å². The number of benzene rings is 1. The predicted octanol–water partition coefficient (Wildman–Crippen LogP) is 1.82. The molecule has 0 aliphatic heterocycles. The van der Waals surface area contributed by atoms with Crippen molar-refractivity contribution in [3.63, 3.8) is 0 Å². The van der Waals surface area contributed by atoms with Gasteiger partial charge in [-0.3, -0.25) is 4.79 Å². The maximum absolute atomic E-state index is 11.1. The third kappa shape index (κ3) is 4.72. The molecule has 1 rings (SSSR count). The molecular formula is C13H19BrN2O3. The smallest absolute Gasteiger partial charge is 0.223 e. The molecule has 5 nitrogen and oxygen atoms in total. The van der Waals surface area contributed by atoms with Crippen molar-refractivity contribution in [1.82, 2.24) is 5.32 Å². The average molecular weight is 331 g/mol. The molecule has 0 radical (unpaired) electrons. The fourth-order valence-electron chi connectivity index (χ4n) is 1.51. The minimum atomic E-state index is -0.0624. The summed E-state index contributed by atoms with van der Waals surface area (Å²) in [5.41, 5.74) is 6.57. The number of nitrogens with one attached hydrogen (secondary N) is 1. The van der Waals surface area contributed by atoms with Crippen LogP contribution in [0.4, 0.5) is 0 Å². The predicted molar refractivity (Wildman–Crippen MR) is 77.4 cm³/mol. The van der Waals surface area contributed by atoms with E-state index in [0.717, 1.165) is 10.0 Å². The molecule has 0 spiro atoms. The second-order valence-corrected chi connectivity index (χ2v) is 4.67. The number of amides is 1. The van der Waals surface area contributed by atoms with Gasteiger partial charge in [0.15, 0.2) is 11.5 Å². The Bertz CT molecular complexity index is 438. The van der Waals surface area contributed by atoms with Crippen molar-refractivity contribution < 1.29 is 14.3 Å². The lowest BCUT2D eigenvalue weighted by Gasteiger charge is -2.14. The Labute approximate surface area is 121 Å². The molecule has 1 aromatic carbocycles. The monoisotopic (exact) mass is 330 g/mol. The van der Waals surface area contributed by atoms with Gasteiger partial charge in [0.05, 0.1) is 24.1 Å². The maximum atomic E-state index is 11.1. The summed E-state index contributed by atoms with van der Waals surface area (Å²) in [5.74, 6) is 1.17. The first-order valence-corrected chi connectivity index (χ1v) is 6.90. The van der Waals surface area contributed by atoms with Gasteiger partial charge in [-0.1, -0.05) is 0 Å². The van der Waals surface area contributed by atoms with Crippen LogP contribution in [-0.2, 0) is 11.3 Å². The van der Waals surface area contributed by atoms with E-state index in [1.807, 2.05) is 19.1 Å². The number of halogens is 1. The fraction of sp³-hybridized carbons (Fsp3) is 0.462. The van der Waals surface area contributed by atoms with Crippen LogP contribution < -0.4 is 20.5 Å². The minimum absolute atomic E-state index is 0.0624. The van der Waals surface area contributed by atoms with Gasteiger partial charge in [0, 0.05) is 13.6 Å². The molecule has 0 bridgehead atoms. The third-order valence-corrected chi connectivity index (χ3v) is 3.05. The van der Waals surface area contributed by atoms with Crippen molar-refractivity contribution in [3.8, 4) is 11.5 Å². The molecule has 0 atom stereocenters. The van der Waals surface area contributed by atoms with E-state index in [9.17, 15) is 4.79 Å². The van der Waals surface area contributed by atoms with E-state index >= 15 is 0 Å². The van der Waals surface area contributed by atoms with E-state index in [-0.39, 0.29) is 5.91 Å². The highest BCUT2D eigenvalue weighted by Crippen LogP contribution is 2.36. The molecule has 0 saturated carbocycles. The van der Waals surface area contributed by atoms with E-state index in [0.29, 0.717) is 37.7 Å². The Hall–Kier alpha value is -1.27. The molecule has 3 N–H and O–H groups in total. The molecule has 0 saturated heterocycles. The van der Waals surface area contributed by atoms with Crippen molar-refractivity contribution in [2.75, 3.05) is 20.3 Å². The van der Waals surface area contributed by atoms with Gasteiger partial charge in [0.1, 0.15) is 0 Å². The highest BCUT2D eigenvalue weighted by atomic mass is 79.9. The maximum Gasteiger partial charge on any atom is 0.223 e. The van der Waals surface area contributed by atoms with E-state index < -0.39 is 0 Å². The number of rotatable bonds is 7. The first-order chi connectivity index (χ1) is 9.12. The van der Waals surface area contributed by atoms with Crippen molar-refractivity contribution in [3.05, 3.63) is 22.2 Å². The van der Waals surface area contributed by atoms with Gasteiger partial charge in [-0.2, -0.15) is 0 Å². The van der Waals surface area contributed by atoms with Crippen molar-refractivity contribution in [2.45, 2.75) is 19.9 Å². The third-order valence-electron chi connectivity index (χ3n) is 2.46. The molecular weight excluding hydrogens is 312 g/mol. The van der Waals surface area contributed by atoms with E-state index in [4.69, 9.17) is 15.2 Å². The Morgan fingerprint density at radius 3 is 2.74 bits per heavy atom. The molecule has 1 aromatic rings. The molecule has 0 aliphatic rings. The van der Waals surface area contributed by atoms with Crippen LogP contribution in [-0.4, -0.2) is 26.2 Å². The summed E-state index contributed by atoms with van der Waals surface area (Å²) >= 11 is 3.43. The van der Waals surface area contributed by atoms with Crippen LogP contribution in [0, 0.1) is 0 Å². The van der Waals surface area contributed by atoms with Crippen molar-refractivity contribution >= 4 is 21.8 Å². The summed E-state index contributed by atoms with van der Waals surface area (Å²) < 4.78 is 11.9. The first-order valence-electron chi connectivity index (χ1n) is 6.11. The number of carbonyl (C=O) groups is 1. The lowest BCUT2D eigenvalue weighted by atomic mass is 10.2. The topological polar surface area (TPSA) is 73.6 Å². The van der Waals surface area contributed by atoms with Crippen LogP contribution in [0.15, 0.2) is 16.6 Å². The van der Waals surface area contributed by atoms with Crippen LogP contribution >= 0.6 is 15.9 Å². The molecule has 0 aromatic heterocycles. The van der Waals surface area contributed by atoms with Crippen LogP contribution in [0.2, 0.25) is 0 Å². The van der Waals surface area contributed by atoms with Gasteiger partial charge in [-0.15, -0.1) is 0 Å². The lowest BCUT2D eigenvalue weighted by Crippen LogP contribution is -2.20. The van der Waals surface area contributed by atoms with Crippen molar-refractivity contribution in [2.24, 2.45) is 5.73 Å². The van der Waals surface area contributed by atoms with Crippen LogP contribution in [0.3, 0.4) is 0 Å². The van der Waals surface area contributed by atoms with Gasteiger partial charge < -0.3 is 20.5 Å². The standard InChI is InChI=1S/C13H19BrN2O3/c1-3-18-11-7-9(8-15)6-10(14)13(11)19-5-4-12(17)16-2/h6-7H,3-5,8,15H2,1-2H3,(H,16,17). The summed E-state index contributed by atoms with van der Waals surface area (Å²) in [5, 5.41) is 2.55. The Balaban J connectivity index is 2.82. The van der Waals surface area contributed by atoms with Gasteiger partial charge in [0.25, 0.3) is 0 Å².